The number of hydrogen-bond acceptors (Lipinski definition) is 5. The topological polar surface area (TPSA) is 92.8 Å². The molecule has 1 aromatic carbocycles. The van der Waals surface area contributed by atoms with Crippen LogP contribution in [0.2, 0.25) is 0 Å². The van der Waals surface area contributed by atoms with Crippen molar-refractivity contribution in [3.63, 3.8) is 0 Å². The quantitative estimate of drug-likeness (QED) is 0.839. The fourth-order valence-electron chi connectivity index (χ4n) is 2.63. The Kier molecular flexibility index (Phi) is 5.95. The van der Waals surface area contributed by atoms with Gasteiger partial charge in [0.05, 0.1) is 12.2 Å². The number of nitrogens with one attached hydrogen (secondary N) is 1. The van der Waals surface area contributed by atoms with Gasteiger partial charge in [0.2, 0.25) is 11.8 Å². The Morgan fingerprint density at radius 2 is 1.71 bits per heavy atom. The van der Waals surface area contributed by atoms with Crippen LogP contribution in [-0.2, 0) is 24.2 Å². The summed E-state index contributed by atoms with van der Waals surface area (Å²) in [6.07, 6.45) is -0.274. The van der Waals surface area contributed by atoms with Crippen LogP contribution in [0.4, 0.5) is 5.69 Å². The second-order valence-electron chi connectivity index (χ2n) is 6.00. The van der Waals surface area contributed by atoms with Gasteiger partial charge in [-0.2, -0.15) is 0 Å². The monoisotopic (exact) mass is 354 g/mol. The minimum atomic E-state index is -3.83. The van der Waals surface area contributed by atoms with E-state index >= 15 is 0 Å². The molecule has 1 saturated heterocycles. The van der Waals surface area contributed by atoms with E-state index < -0.39 is 33.2 Å². The number of sulfone groups is 1. The molecule has 0 spiro atoms. The summed E-state index contributed by atoms with van der Waals surface area (Å²) in [5.74, 6) is -2.54. The molecule has 2 atom stereocenters. The minimum Gasteiger partial charge on any atom is -0.372 e. The first-order valence-corrected chi connectivity index (χ1v) is 9.56. The van der Waals surface area contributed by atoms with E-state index in [2.05, 4.69) is 5.32 Å². The lowest BCUT2D eigenvalue weighted by Gasteiger charge is -2.35. The van der Waals surface area contributed by atoms with E-state index in [0.29, 0.717) is 18.8 Å². The molecule has 7 nitrogen and oxygen atoms in total. The number of ether oxygens (including phenoxy) is 1. The fraction of sp³-hybridized carbons (Fsp3) is 0.500. The molecule has 0 aromatic heterocycles. The third-order valence-electron chi connectivity index (χ3n) is 3.52. The van der Waals surface area contributed by atoms with Crippen LogP contribution in [0.3, 0.4) is 0 Å². The number of hydrogen-bond donors (Lipinski definition) is 1. The minimum absolute atomic E-state index is 0.137. The van der Waals surface area contributed by atoms with Crippen molar-refractivity contribution in [2.24, 2.45) is 0 Å². The van der Waals surface area contributed by atoms with Crippen molar-refractivity contribution in [2.75, 3.05) is 29.9 Å². The molecule has 2 rings (SSSR count). The van der Waals surface area contributed by atoms with Crippen LogP contribution in [0.5, 0.6) is 0 Å². The summed E-state index contributed by atoms with van der Waals surface area (Å²) < 4.78 is 29.7. The van der Waals surface area contributed by atoms with Gasteiger partial charge in [0.15, 0.2) is 9.84 Å². The molecule has 132 valence electrons. The summed E-state index contributed by atoms with van der Waals surface area (Å²) in [6, 6.07) is 8.57. The average molecular weight is 354 g/mol. The molecule has 0 saturated carbocycles. The lowest BCUT2D eigenvalue weighted by Crippen LogP contribution is -2.50. The highest BCUT2D eigenvalue weighted by Gasteiger charge is 2.29. The summed E-state index contributed by atoms with van der Waals surface area (Å²) in [5, 5.41) is 2.50. The van der Waals surface area contributed by atoms with Gasteiger partial charge in [-0.05, 0) is 26.0 Å². The van der Waals surface area contributed by atoms with Crippen molar-refractivity contribution >= 4 is 27.3 Å². The zero-order chi connectivity index (χ0) is 17.7. The van der Waals surface area contributed by atoms with E-state index in [9.17, 15) is 18.0 Å². The lowest BCUT2D eigenvalue weighted by molar-refractivity contribution is -0.140. The third kappa shape index (κ3) is 5.61. The number of para-hydroxylation sites is 1. The lowest BCUT2D eigenvalue weighted by atomic mass is 10.2. The van der Waals surface area contributed by atoms with Gasteiger partial charge in [0.1, 0.15) is 11.5 Å². The molecular weight excluding hydrogens is 332 g/mol. The highest BCUT2D eigenvalue weighted by atomic mass is 32.2. The van der Waals surface area contributed by atoms with Gasteiger partial charge in [-0.25, -0.2) is 8.42 Å². The van der Waals surface area contributed by atoms with Gasteiger partial charge in [-0.15, -0.1) is 0 Å². The number of benzene rings is 1. The van der Waals surface area contributed by atoms with Crippen LogP contribution in [-0.4, -0.2) is 61.9 Å². The molecule has 1 heterocycles. The Morgan fingerprint density at radius 1 is 1.12 bits per heavy atom. The number of carbonyl (C=O) groups excluding carboxylic acids is 2. The van der Waals surface area contributed by atoms with Gasteiger partial charge in [-0.1, -0.05) is 18.2 Å². The molecule has 1 aromatic rings. The predicted octanol–water partition coefficient (Wildman–Crippen LogP) is 0.676. The van der Waals surface area contributed by atoms with Crippen molar-refractivity contribution in [2.45, 2.75) is 26.1 Å². The Morgan fingerprint density at radius 3 is 2.29 bits per heavy atom. The Hall–Kier alpha value is -1.93. The molecule has 0 aliphatic carbocycles. The molecule has 2 unspecified atom stereocenters. The Labute approximate surface area is 141 Å². The maximum Gasteiger partial charge on any atom is 0.239 e. The zero-order valence-electron chi connectivity index (χ0n) is 13.8. The van der Waals surface area contributed by atoms with Crippen LogP contribution < -0.4 is 5.32 Å². The largest absolute Gasteiger partial charge is 0.372 e. The standard InChI is InChI=1S/C16H22N2O5S/c1-12-8-18(9-13(2)23-12)16(20)11-24(21,22)10-15(19)17-14-6-4-3-5-7-14/h3-7,12-13H,8-11H2,1-2H3,(H,17,19). The first kappa shape index (κ1) is 18.4. The molecule has 0 radical (unpaired) electrons. The number of amides is 2. The van der Waals surface area contributed by atoms with Crippen molar-refractivity contribution < 1.29 is 22.7 Å². The van der Waals surface area contributed by atoms with Crippen LogP contribution in [0.25, 0.3) is 0 Å². The summed E-state index contributed by atoms with van der Waals surface area (Å²) in [5.41, 5.74) is 0.514. The highest BCUT2D eigenvalue weighted by Crippen LogP contribution is 2.12. The average Bonchev–Trinajstić information content (AvgIpc) is 2.45. The normalized spacial score (nSPS) is 21.3. The van der Waals surface area contributed by atoms with Crippen LogP contribution in [0, 0.1) is 0 Å². The number of rotatable bonds is 5. The van der Waals surface area contributed by atoms with Crippen molar-refractivity contribution in [3.05, 3.63) is 30.3 Å². The van der Waals surface area contributed by atoms with E-state index in [0.717, 1.165) is 0 Å². The van der Waals surface area contributed by atoms with Gasteiger partial charge < -0.3 is 15.0 Å². The molecule has 0 bridgehead atoms. The Balaban J connectivity index is 1.90. The predicted molar refractivity (Wildman–Crippen MR) is 90.3 cm³/mol. The Bertz CT molecular complexity index is 680. The van der Waals surface area contributed by atoms with E-state index in [1.165, 1.54) is 4.90 Å². The fourth-order valence-corrected chi connectivity index (χ4v) is 3.76. The van der Waals surface area contributed by atoms with Crippen molar-refractivity contribution in [1.82, 2.24) is 4.90 Å². The highest BCUT2D eigenvalue weighted by molar-refractivity contribution is 7.92. The second kappa shape index (κ2) is 7.76. The number of anilines is 1. The molecule has 1 N–H and O–H groups in total. The molecular formula is C16H22N2O5S. The van der Waals surface area contributed by atoms with E-state index in [-0.39, 0.29) is 12.2 Å². The first-order chi connectivity index (χ1) is 11.2. The van der Waals surface area contributed by atoms with Gasteiger partial charge >= 0.3 is 0 Å². The van der Waals surface area contributed by atoms with Gasteiger partial charge in [0, 0.05) is 18.8 Å². The molecule has 1 aliphatic rings. The van der Waals surface area contributed by atoms with Gasteiger partial charge in [0.25, 0.3) is 0 Å². The van der Waals surface area contributed by atoms with E-state index in [4.69, 9.17) is 4.74 Å². The van der Waals surface area contributed by atoms with E-state index in [1.54, 1.807) is 30.3 Å². The smallest absolute Gasteiger partial charge is 0.239 e. The number of morpholine rings is 1. The number of nitrogens with zero attached hydrogens (tertiary/aromatic N) is 1. The summed E-state index contributed by atoms with van der Waals surface area (Å²) in [6.45, 7) is 4.37. The molecule has 24 heavy (non-hydrogen) atoms. The molecule has 1 aliphatic heterocycles. The second-order valence-corrected chi connectivity index (χ2v) is 8.07. The van der Waals surface area contributed by atoms with E-state index in [1.807, 2.05) is 13.8 Å². The molecule has 1 fully saturated rings. The summed E-state index contributed by atoms with van der Waals surface area (Å²) >= 11 is 0. The summed E-state index contributed by atoms with van der Waals surface area (Å²) in [7, 11) is -3.83. The SMILES string of the molecule is CC1CN(C(=O)CS(=O)(=O)CC(=O)Nc2ccccc2)CC(C)O1. The molecule has 2 amide bonds. The maximum absolute atomic E-state index is 12.2. The molecule has 8 heteroatoms. The third-order valence-corrected chi connectivity index (χ3v) is 4.91. The van der Waals surface area contributed by atoms with Crippen molar-refractivity contribution in [3.8, 4) is 0 Å². The summed E-state index contributed by atoms with van der Waals surface area (Å²) in [4.78, 5) is 25.5. The zero-order valence-corrected chi connectivity index (χ0v) is 14.6. The van der Waals surface area contributed by atoms with Crippen molar-refractivity contribution in [1.29, 1.82) is 0 Å². The van der Waals surface area contributed by atoms with Crippen LogP contribution in [0.15, 0.2) is 30.3 Å². The first-order valence-electron chi connectivity index (χ1n) is 7.74. The van der Waals surface area contributed by atoms with Crippen LogP contribution >= 0.6 is 0 Å². The maximum atomic E-state index is 12.2. The van der Waals surface area contributed by atoms with Crippen LogP contribution in [0.1, 0.15) is 13.8 Å². The number of carbonyl (C=O) groups is 2. The van der Waals surface area contributed by atoms with Gasteiger partial charge in [-0.3, -0.25) is 9.59 Å².